The van der Waals surface area contributed by atoms with Gasteiger partial charge in [0.05, 0.1) is 23.8 Å². The van der Waals surface area contributed by atoms with Crippen LogP contribution in [0.4, 0.5) is 39.5 Å². The number of para-hydroxylation sites is 1. The summed E-state index contributed by atoms with van der Waals surface area (Å²) in [5.74, 6) is 0.599. The van der Waals surface area contributed by atoms with Crippen molar-refractivity contribution in [1.29, 1.82) is 0 Å². The van der Waals surface area contributed by atoms with Crippen molar-refractivity contribution in [2.45, 2.75) is 43.6 Å². The largest absolute Gasteiger partial charge is 0.496 e. The van der Waals surface area contributed by atoms with Gasteiger partial charge in [-0.25, -0.2) is 0 Å². The summed E-state index contributed by atoms with van der Waals surface area (Å²) < 4.78 is 141. The Hall–Kier alpha value is -4.43. The zero-order valence-electron chi connectivity index (χ0n) is 25.0. The topological polar surface area (TPSA) is 51.8 Å². The molecule has 0 aromatic heterocycles. The number of nitrogens with one attached hydrogen (secondary N) is 2. The normalized spacial score (nSPS) is 17.5. The minimum absolute atomic E-state index is 0.0109. The average molecular weight is 683 g/mol. The van der Waals surface area contributed by atoms with Gasteiger partial charge in [0.1, 0.15) is 29.5 Å². The van der Waals surface area contributed by atoms with Crippen LogP contribution in [0.25, 0.3) is 22.3 Å². The summed E-state index contributed by atoms with van der Waals surface area (Å²) in [6.07, 6.45) is -15.4. The molecule has 2 aliphatic heterocycles. The maximum Gasteiger partial charge on any atom is 0.417 e. The summed E-state index contributed by atoms with van der Waals surface area (Å²) in [5, 5.41) is 0. The molecule has 0 saturated heterocycles. The third kappa shape index (κ3) is 6.76. The predicted octanol–water partition coefficient (Wildman–Crippen LogP) is 8.49. The molecule has 0 amide bonds. The van der Waals surface area contributed by atoms with Gasteiger partial charge in [-0.15, -0.1) is 0 Å². The maximum atomic E-state index is 13.8. The van der Waals surface area contributed by atoms with E-state index in [-0.39, 0.29) is 48.4 Å². The second-order valence-electron chi connectivity index (χ2n) is 11.4. The van der Waals surface area contributed by atoms with Crippen LogP contribution in [0.3, 0.4) is 0 Å². The second kappa shape index (κ2) is 12.5. The van der Waals surface area contributed by atoms with Crippen LogP contribution in [0.1, 0.15) is 27.8 Å². The number of hydrogen-bond acceptors (Lipinski definition) is 5. The highest BCUT2D eigenvalue weighted by Crippen LogP contribution is 2.48. The van der Waals surface area contributed by atoms with Crippen molar-refractivity contribution in [3.63, 3.8) is 0 Å². The Kier molecular flexibility index (Phi) is 8.75. The van der Waals surface area contributed by atoms with E-state index in [1.165, 1.54) is 13.2 Å². The molecule has 2 N–H and O–H groups in total. The molecular formula is C34H27F9N2O3. The number of hydrogen-bond donors (Lipinski definition) is 2. The van der Waals surface area contributed by atoms with Crippen LogP contribution in [-0.2, 0) is 31.4 Å². The first-order valence-corrected chi connectivity index (χ1v) is 14.7. The van der Waals surface area contributed by atoms with E-state index in [9.17, 15) is 39.5 Å². The first-order chi connectivity index (χ1) is 22.6. The monoisotopic (exact) mass is 682 g/mol. The van der Waals surface area contributed by atoms with Crippen LogP contribution in [-0.4, -0.2) is 32.4 Å². The quantitative estimate of drug-likeness (QED) is 0.111. The Balaban J connectivity index is 1.15. The van der Waals surface area contributed by atoms with E-state index in [1.807, 2.05) is 0 Å². The number of hydrazine groups is 1. The van der Waals surface area contributed by atoms with Crippen molar-refractivity contribution < 1.29 is 53.7 Å². The molecular weight excluding hydrogens is 655 g/mol. The number of alkyl halides is 9. The first kappa shape index (κ1) is 33.5. The molecule has 48 heavy (non-hydrogen) atoms. The molecule has 2 atom stereocenters. The van der Waals surface area contributed by atoms with Gasteiger partial charge in [-0.05, 0) is 53.1 Å². The van der Waals surface area contributed by atoms with Gasteiger partial charge in [0.25, 0.3) is 0 Å². The maximum absolute atomic E-state index is 13.8. The SMILES string of the molecule is COc1ccccc1-c1cc(C(F)(F)F)cc2c1OC(CNNCC1Cc3cc(C(F)(F)F)cc(-c4ccccc4C(F)(F)F)c3O1)C2. The zero-order chi connectivity index (χ0) is 34.4. The molecule has 0 radical (unpaired) electrons. The number of methoxy groups -OCH3 is 1. The van der Waals surface area contributed by atoms with Crippen molar-refractivity contribution in [1.82, 2.24) is 10.9 Å². The van der Waals surface area contributed by atoms with Gasteiger partial charge in [0.2, 0.25) is 0 Å². The number of benzene rings is 4. The van der Waals surface area contributed by atoms with Gasteiger partial charge in [0, 0.05) is 42.6 Å². The van der Waals surface area contributed by atoms with E-state index in [4.69, 9.17) is 14.2 Å². The smallest absolute Gasteiger partial charge is 0.417 e. The van der Waals surface area contributed by atoms with E-state index in [0.29, 0.717) is 28.7 Å². The Morgan fingerprint density at radius 1 is 0.604 bits per heavy atom. The molecule has 14 heteroatoms. The summed E-state index contributed by atoms with van der Waals surface area (Å²) in [5.41, 5.74) is 3.19. The third-order valence-corrected chi connectivity index (χ3v) is 8.15. The fourth-order valence-electron chi connectivity index (χ4n) is 6.03. The van der Waals surface area contributed by atoms with E-state index < -0.39 is 53.0 Å². The van der Waals surface area contributed by atoms with Crippen LogP contribution >= 0.6 is 0 Å². The van der Waals surface area contributed by atoms with Crippen molar-refractivity contribution in [2.75, 3.05) is 20.2 Å². The molecule has 0 fully saturated rings. The van der Waals surface area contributed by atoms with Gasteiger partial charge in [-0.3, -0.25) is 10.9 Å². The van der Waals surface area contributed by atoms with Crippen molar-refractivity contribution in [2.24, 2.45) is 0 Å². The Labute approximate surface area is 268 Å². The van der Waals surface area contributed by atoms with Gasteiger partial charge < -0.3 is 14.2 Å². The molecule has 254 valence electrons. The molecule has 0 spiro atoms. The highest BCUT2D eigenvalue weighted by Gasteiger charge is 2.39. The van der Waals surface area contributed by atoms with Gasteiger partial charge in [-0.2, -0.15) is 39.5 Å². The van der Waals surface area contributed by atoms with Crippen molar-refractivity contribution in [3.05, 3.63) is 101 Å². The Morgan fingerprint density at radius 2 is 1.06 bits per heavy atom. The molecule has 5 nitrogen and oxygen atoms in total. The summed E-state index contributed by atoms with van der Waals surface area (Å²) in [7, 11) is 1.41. The molecule has 4 aromatic rings. The lowest BCUT2D eigenvalue weighted by Crippen LogP contribution is -2.44. The highest BCUT2D eigenvalue weighted by molar-refractivity contribution is 5.79. The molecule has 2 unspecified atom stereocenters. The molecule has 2 aliphatic rings. The van der Waals surface area contributed by atoms with E-state index in [1.54, 1.807) is 24.3 Å². The minimum atomic E-state index is -4.81. The number of ether oxygens (including phenoxy) is 3. The van der Waals surface area contributed by atoms with Gasteiger partial charge in [0.15, 0.2) is 0 Å². The summed E-state index contributed by atoms with van der Waals surface area (Å²) in [6, 6.07) is 14.6. The molecule has 0 saturated carbocycles. The molecule has 0 aliphatic carbocycles. The molecule has 0 bridgehead atoms. The number of fused-ring (bicyclic) bond motifs is 2. The predicted molar refractivity (Wildman–Crippen MR) is 158 cm³/mol. The molecule has 4 aromatic carbocycles. The molecule has 2 heterocycles. The lowest BCUT2D eigenvalue weighted by molar-refractivity contribution is -0.138. The highest BCUT2D eigenvalue weighted by atomic mass is 19.4. The zero-order valence-corrected chi connectivity index (χ0v) is 25.0. The van der Waals surface area contributed by atoms with Crippen molar-refractivity contribution in [3.8, 4) is 39.5 Å². The first-order valence-electron chi connectivity index (χ1n) is 14.7. The average Bonchev–Trinajstić information content (AvgIpc) is 3.64. The van der Waals surface area contributed by atoms with E-state index in [2.05, 4.69) is 10.9 Å². The van der Waals surface area contributed by atoms with Crippen LogP contribution in [0, 0.1) is 0 Å². The lowest BCUT2D eigenvalue weighted by Gasteiger charge is -2.19. The van der Waals surface area contributed by atoms with Gasteiger partial charge in [-0.1, -0.05) is 36.4 Å². The van der Waals surface area contributed by atoms with E-state index in [0.717, 1.165) is 36.4 Å². The fraction of sp³-hybridized carbons (Fsp3) is 0.294. The van der Waals surface area contributed by atoms with E-state index >= 15 is 0 Å². The number of rotatable bonds is 8. The lowest BCUT2D eigenvalue weighted by atomic mass is 9.94. The summed E-state index contributed by atoms with van der Waals surface area (Å²) in [4.78, 5) is 0. The Morgan fingerprint density at radius 3 is 1.54 bits per heavy atom. The van der Waals surface area contributed by atoms with Gasteiger partial charge >= 0.3 is 18.5 Å². The third-order valence-electron chi connectivity index (χ3n) is 8.15. The second-order valence-corrected chi connectivity index (χ2v) is 11.4. The summed E-state index contributed by atoms with van der Waals surface area (Å²) in [6.45, 7) is 0.171. The van der Waals surface area contributed by atoms with Crippen LogP contribution in [0.15, 0.2) is 72.8 Å². The minimum Gasteiger partial charge on any atom is -0.496 e. The molecule has 6 rings (SSSR count). The Bertz CT molecular complexity index is 1820. The van der Waals surface area contributed by atoms with Crippen LogP contribution in [0.2, 0.25) is 0 Å². The van der Waals surface area contributed by atoms with Crippen LogP contribution in [0.5, 0.6) is 17.2 Å². The van der Waals surface area contributed by atoms with Crippen LogP contribution < -0.4 is 25.1 Å². The number of halogens is 9. The standard InChI is InChI=1S/C34H27F9N2O3/c1-46-29-9-5-3-7-25(29)27-15-21(33(38,39)40)11-19-13-23(48-31(19)27)17-45-44-16-22-12-18-10-20(32(35,36)37)14-26(30(18)47-22)24-6-2-4-8-28(24)34(41,42)43/h2-11,14-15,22-23,44-45H,12-13,16-17H2,1H3. The summed E-state index contributed by atoms with van der Waals surface area (Å²) >= 11 is 0. The fourth-order valence-corrected chi connectivity index (χ4v) is 6.03. The van der Waals surface area contributed by atoms with Crippen molar-refractivity contribution >= 4 is 0 Å².